The van der Waals surface area contributed by atoms with Crippen molar-refractivity contribution in [2.75, 3.05) is 0 Å². The molecule has 25 heavy (non-hydrogen) atoms. The monoisotopic (exact) mass is 456 g/mol. The van der Waals surface area contributed by atoms with Crippen LogP contribution < -0.4 is 0 Å². The van der Waals surface area contributed by atoms with Gasteiger partial charge in [0.15, 0.2) is 0 Å². The van der Waals surface area contributed by atoms with Crippen molar-refractivity contribution in [3.05, 3.63) is 34.3 Å². The van der Waals surface area contributed by atoms with E-state index in [1.807, 2.05) is 0 Å². The van der Waals surface area contributed by atoms with Crippen molar-refractivity contribution in [2.24, 2.45) is 0 Å². The molecule has 0 amide bonds. The van der Waals surface area contributed by atoms with Gasteiger partial charge in [-0.3, -0.25) is 0 Å². The van der Waals surface area contributed by atoms with Crippen molar-refractivity contribution < 1.29 is 52.7 Å². The Morgan fingerprint density at radius 3 is 1.40 bits per heavy atom. The summed E-state index contributed by atoms with van der Waals surface area (Å²) in [5, 5.41) is 0. The molecule has 0 bridgehead atoms. The molecule has 0 aliphatic rings. The van der Waals surface area contributed by atoms with Crippen LogP contribution in [0.25, 0.3) is 0 Å². The number of alkyl halides is 12. The molecule has 13 heteroatoms. The lowest BCUT2D eigenvalue weighted by Gasteiger charge is -2.39. The predicted octanol–water partition coefficient (Wildman–Crippen LogP) is 6.35. The molecule has 0 aliphatic heterocycles. The highest BCUT2D eigenvalue weighted by atomic mass is 79.9. The number of hydrogen-bond acceptors (Lipinski definition) is 0. The van der Waals surface area contributed by atoms with Crippen molar-refractivity contribution in [3.63, 3.8) is 0 Å². The Bertz CT molecular complexity index is 607. The number of halogens is 13. The molecule has 0 saturated heterocycles. The summed E-state index contributed by atoms with van der Waals surface area (Å²) >= 11 is 2.69. The van der Waals surface area contributed by atoms with Crippen LogP contribution in [0.3, 0.4) is 0 Å². The molecular formula is C12H5BrF12. The van der Waals surface area contributed by atoms with Crippen molar-refractivity contribution in [1.82, 2.24) is 0 Å². The summed E-state index contributed by atoms with van der Waals surface area (Å²) in [5.41, 5.74) is -1.92. The minimum Gasteiger partial charge on any atom is -0.203 e. The van der Waals surface area contributed by atoms with Gasteiger partial charge in [-0.05, 0) is 12.1 Å². The van der Waals surface area contributed by atoms with E-state index in [0.29, 0.717) is 12.1 Å². The van der Waals surface area contributed by atoms with Gasteiger partial charge in [-0.25, -0.2) is 8.78 Å². The van der Waals surface area contributed by atoms with Gasteiger partial charge in [-0.1, -0.05) is 28.1 Å². The molecule has 0 N–H and O–H groups in total. The largest absolute Gasteiger partial charge is 0.385 e. The third kappa shape index (κ3) is 3.08. The highest BCUT2D eigenvalue weighted by Crippen LogP contribution is 2.60. The van der Waals surface area contributed by atoms with Crippen molar-refractivity contribution in [1.29, 1.82) is 0 Å². The molecule has 0 unspecified atom stereocenters. The van der Waals surface area contributed by atoms with Crippen LogP contribution in [0.15, 0.2) is 28.7 Å². The molecule has 0 radical (unpaired) electrons. The summed E-state index contributed by atoms with van der Waals surface area (Å²) < 4.78 is 156. The molecule has 0 spiro atoms. The van der Waals surface area contributed by atoms with Gasteiger partial charge in [0.1, 0.15) is 0 Å². The van der Waals surface area contributed by atoms with Crippen LogP contribution in [0.4, 0.5) is 52.7 Å². The average molecular weight is 457 g/mol. The molecule has 0 heterocycles. The van der Waals surface area contributed by atoms with Gasteiger partial charge < -0.3 is 0 Å². The lowest BCUT2D eigenvalue weighted by atomic mass is 9.91. The summed E-state index contributed by atoms with van der Waals surface area (Å²) in [6.07, 6.45) is -5.51. The molecule has 0 aromatic heterocycles. The number of rotatable bonds is 6. The van der Waals surface area contributed by atoms with Crippen molar-refractivity contribution >= 4 is 15.9 Å². The van der Waals surface area contributed by atoms with Gasteiger partial charge in [-0.2, -0.15) is 43.9 Å². The first-order valence-corrected chi connectivity index (χ1v) is 6.67. The summed E-state index contributed by atoms with van der Waals surface area (Å²) in [5.74, 6) is -35.2. The van der Waals surface area contributed by atoms with Gasteiger partial charge in [0.05, 0.1) is 0 Å². The van der Waals surface area contributed by atoms with E-state index in [1.54, 1.807) is 0 Å². The van der Waals surface area contributed by atoms with Crippen LogP contribution in [0.2, 0.25) is 0 Å². The summed E-state index contributed by atoms with van der Waals surface area (Å²) in [4.78, 5) is 0. The first-order valence-electron chi connectivity index (χ1n) is 5.88. The van der Waals surface area contributed by atoms with E-state index in [-0.39, 0.29) is 16.6 Å². The minimum absolute atomic E-state index is 0.0108. The number of hydrogen-bond donors (Lipinski definition) is 0. The highest BCUT2D eigenvalue weighted by Gasteiger charge is 2.87. The molecule has 1 rings (SSSR count). The summed E-state index contributed by atoms with van der Waals surface area (Å²) in [6, 6.07) is 1.59. The Balaban J connectivity index is 3.50. The topological polar surface area (TPSA) is 0 Å². The average Bonchev–Trinajstić information content (AvgIpc) is 2.46. The van der Waals surface area contributed by atoms with Gasteiger partial charge in [-0.15, -0.1) is 0 Å². The standard InChI is InChI=1S/C12H5BrF12/c13-6-3-1-5(2-4-6)8(16,17)10(20,21)12(24,25)11(22,23)9(18,19)7(14)15/h1-4,7H. The highest BCUT2D eigenvalue weighted by molar-refractivity contribution is 9.10. The van der Waals surface area contributed by atoms with E-state index in [9.17, 15) is 52.7 Å². The Morgan fingerprint density at radius 1 is 0.640 bits per heavy atom. The first-order chi connectivity index (χ1) is 10.9. The van der Waals surface area contributed by atoms with Crippen LogP contribution >= 0.6 is 15.9 Å². The molecule has 0 aliphatic carbocycles. The fourth-order valence-corrected chi connectivity index (χ4v) is 1.85. The van der Waals surface area contributed by atoms with Crippen molar-refractivity contribution in [3.8, 4) is 0 Å². The maximum atomic E-state index is 13.7. The van der Waals surface area contributed by atoms with Crippen LogP contribution in [-0.2, 0) is 5.92 Å². The van der Waals surface area contributed by atoms with E-state index in [4.69, 9.17) is 0 Å². The third-order valence-electron chi connectivity index (χ3n) is 3.08. The second-order valence-electron chi connectivity index (χ2n) is 4.73. The van der Waals surface area contributed by atoms with Crippen LogP contribution in [0, 0.1) is 0 Å². The molecular weight excluding hydrogens is 452 g/mol. The van der Waals surface area contributed by atoms with Gasteiger partial charge in [0.25, 0.3) is 0 Å². The second kappa shape index (κ2) is 6.23. The fourth-order valence-electron chi connectivity index (χ4n) is 1.58. The Labute approximate surface area is 139 Å². The van der Waals surface area contributed by atoms with Gasteiger partial charge in [0, 0.05) is 10.0 Å². The first kappa shape index (κ1) is 21.9. The zero-order valence-corrected chi connectivity index (χ0v) is 12.9. The normalized spacial score (nSPS) is 15.0. The lowest BCUT2D eigenvalue weighted by molar-refractivity contribution is -0.415. The van der Waals surface area contributed by atoms with Gasteiger partial charge in [0.2, 0.25) is 0 Å². The quantitative estimate of drug-likeness (QED) is 0.437. The third-order valence-corrected chi connectivity index (χ3v) is 3.61. The van der Waals surface area contributed by atoms with Crippen LogP contribution in [-0.4, -0.2) is 30.1 Å². The Morgan fingerprint density at radius 2 is 1.04 bits per heavy atom. The molecule has 0 nitrogen and oxygen atoms in total. The second-order valence-corrected chi connectivity index (χ2v) is 5.64. The Kier molecular flexibility index (Phi) is 5.46. The predicted molar refractivity (Wildman–Crippen MR) is 63.8 cm³/mol. The van der Waals surface area contributed by atoms with Gasteiger partial charge >= 0.3 is 36.0 Å². The minimum atomic E-state index is -7.52. The zero-order valence-electron chi connectivity index (χ0n) is 11.3. The molecule has 0 atom stereocenters. The van der Waals surface area contributed by atoms with Crippen LogP contribution in [0.1, 0.15) is 5.56 Å². The molecule has 0 fully saturated rings. The van der Waals surface area contributed by atoms with Crippen molar-refractivity contribution in [2.45, 2.75) is 36.0 Å². The Hall–Kier alpha value is -1.14. The number of benzene rings is 1. The molecule has 1 aromatic carbocycles. The molecule has 1 aromatic rings. The maximum absolute atomic E-state index is 13.7. The molecule has 0 saturated carbocycles. The summed E-state index contributed by atoms with van der Waals surface area (Å²) in [6.45, 7) is 0. The maximum Gasteiger partial charge on any atom is 0.385 e. The SMILES string of the molecule is FC(F)C(F)(F)C(F)(F)C(F)(F)C(F)(F)C(F)(F)c1ccc(Br)cc1. The van der Waals surface area contributed by atoms with Crippen LogP contribution in [0.5, 0.6) is 0 Å². The van der Waals surface area contributed by atoms with E-state index in [0.717, 1.165) is 0 Å². The van der Waals surface area contributed by atoms with E-state index in [1.165, 1.54) is 0 Å². The summed E-state index contributed by atoms with van der Waals surface area (Å²) in [7, 11) is 0. The molecule has 144 valence electrons. The van der Waals surface area contributed by atoms with E-state index in [2.05, 4.69) is 15.9 Å². The van der Waals surface area contributed by atoms with E-state index >= 15 is 0 Å². The lowest BCUT2D eigenvalue weighted by Crippen LogP contribution is -2.67. The van der Waals surface area contributed by atoms with E-state index < -0.39 is 41.6 Å². The smallest absolute Gasteiger partial charge is 0.203 e. The zero-order chi connectivity index (χ0) is 20.1. The fraction of sp³-hybridized carbons (Fsp3) is 0.500.